The summed E-state index contributed by atoms with van der Waals surface area (Å²) in [6.07, 6.45) is 1.83. The van der Waals surface area contributed by atoms with Gasteiger partial charge in [-0.3, -0.25) is 14.9 Å². The Morgan fingerprint density at radius 1 is 0.846 bits per heavy atom. The highest BCUT2D eigenvalue weighted by molar-refractivity contribution is 5.88. The third-order valence-electron chi connectivity index (χ3n) is 5.04. The summed E-state index contributed by atoms with van der Waals surface area (Å²) in [6.45, 7) is 16.9. The molecule has 4 N–H and O–H groups in total. The Morgan fingerprint density at radius 2 is 1.31 bits per heavy atom. The van der Waals surface area contributed by atoms with Crippen LogP contribution >= 0.6 is 0 Å². The molecule has 1 atom stereocenters. The molecule has 0 aliphatic heterocycles. The Balaban J connectivity index is 0. The molecule has 39 heavy (non-hydrogen) atoms. The van der Waals surface area contributed by atoms with Crippen LogP contribution in [0.25, 0.3) is 11.1 Å². The van der Waals surface area contributed by atoms with Crippen LogP contribution in [0.1, 0.15) is 72.8 Å². The molecular weight excluding hydrogens is 498 g/mol. The van der Waals surface area contributed by atoms with Crippen molar-refractivity contribution in [2.75, 3.05) is 18.0 Å². The number of benzene rings is 2. The minimum absolute atomic E-state index is 0.0887. The molecule has 0 aromatic heterocycles. The van der Waals surface area contributed by atoms with Gasteiger partial charge in [0, 0.05) is 25.2 Å². The second kappa shape index (κ2) is 23.3. The molecule has 0 radical (unpaired) electrons. The number of aliphatic carboxylic acids is 2. The maximum atomic E-state index is 10.7. The van der Waals surface area contributed by atoms with Crippen LogP contribution in [0.2, 0.25) is 0 Å². The maximum absolute atomic E-state index is 10.7. The van der Waals surface area contributed by atoms with Gasteiger partial charge < -0.3 is 20.4 Å². The van der Waals surface area contributed by atoms with Gasteiger partial charge in [-0.25, -0.2) is 9.59 Å². The lowest BCUT2D eigenvalue weighted by Gasteiger charge is -2.24. The molecule has 3 amide bonds. The molecule has 0 saturated carbocycles. The number of hydrogen-bond donors (Lipinski definition) is 4. The van der Waals surface area contributed by atoms with E-state index in [1.54, 1.807) is 5.32 Å². The topological polar surface area (TPSA) is 136 Å². The molecule has 2 aromatic rings. The average Bonchev–Trinajstić information content (AvgIpc) is 2.94. The number of rotatable bonds is 12. The standard InChI is InChI=1S/C19H25N.C7H10N2O6.2C2H6/c1-4-14-20(15-5-2)19-12-10-18(11-13-19)17-8-6-16(3)7-9-17;10-3-8-7(15)9-4(6(13)14)1-2-5(11)12;2*1-2/h6-13H,4-5,14-15H2,1-3H3;3-4H,1-2H2,(H,11,12)(H,13,14)(H2,8,9,10,15);2*1-2H3. The van der Waals surface area contributed by atoms with E-state index < -0.39 is 30.4 Å². The lowest BCUT2D eigenvalue weighted by Crippen LogP contribution is -2.45. The highest BCUT2D eigenvalue weighted by Crippen LogP contribution is 2.24. The molecular formula is C30H47N3O6. The highest BCUT2D eigenvalue weighted by atomic mass is 16.4. The summed E-state index contributed by atoms with van der Waals surface area (Å²) in [5.41, 5.74) is 5.23. The van der Waals surface area contributed by atoms with Gasteiger partial charge in [0.25, 0.3) is 0 Å². The van der Waals surface area contributed by atoms with Crippen LogP contribution in [0.5, 0.6) is 0 Å². The number of anilines is 1. The van der Waals surface area contributed by atoms with Crippen LogP contribution in [0.4, 0.5) is 10.5 Å². The second-order valence-corrected chi connectivity index (χ2v) is 7.96. The molecule has 0 aliphatic rings. The molecule has 9 heteroatoms. The van der Waals surface area contributed by atoms with Gasteiger partial charge in [-0.2, -0.15) is 0 Å². The summed E-state index contributed by atoms with van der Waals surface area (Å²) in [6, 6.07) is 15.4. The van der Waals surface area contributed by atoms with Gasteiger partial charge in [0.05, 0.1) is 0 Å². The number of urea groups is 1. The third-order valence-corrected chi connectivity index (χ3v) is 5.04. The van der Waals surface area contributed by atoms with Crippen LogP contribution in [0, 0.1) is 6.92 Å². The lowest BCUT2D eigenvalue weighted by atomic mass is 10.0. The Hall–Kier alpha value is -3.88. The number of amides is 3. The summed E-state index contributed by atoms with van der Waals surface area (Å²) in [7, 11) is 0. The molecule has 218 valence electrons. The van der Waals surface area contributed by atoms with Crippen molar-refractivity contribution in [1.29, 1.82) is 0 Å². The zero-order valence-electron chi connectivity index (χ0n) is 24.5. The molecule has 0 bridgehead atoms. The number of carboxylic acids is 2. The fourth-order valence-electron chi connectivity index (χ4n) is 3.30. The first kappa shape index (κ1) is 37.3. The normalized spacial score (nSPS) is 10.0. The zero-order valence-corrected chi connectivity index (χ0v) is 24.5. The van der Waals surface area contributed by atoms with Crippen LogP contribution in [-0.4, -0.2) is 53.7 Å². The van der Waals surface area contributed by atoms with Crippen molar-refractivity contribution in [3.63, 3.8) is 0 Å². The van der Waals surface area contributed by atoms with Gasteiger partial charge in [0.15, 0.2) is 0 Å². The van der Waals surface area contributed by atoms with Crippen molar-refractivity contribution >= 4 is 30.1 Å². The largest absolute Gasteiger partial charge is 0.481 e. The quantitative estimate of drug-likeness (QED) is 0.237. The average molecular weight is 546 g/mol. The van der Waals surface area contributed by atoms with Crippen molar-refractivity contribution in [3.8, 4) is 11.1 Å². The molecule has 9 nitrogen and oxygen atoms in total. The van der Waals surface area contributed by atoms with Gasteiger partial charge in [-0.15, -0.1) is 0 Å². The van der Waals surface area contributed by atoms with E-state index >= 15 is 0 Å². The first-order valence-corrected chi connectivity index (χ1v) is 13.6. The van der Waals surface area contributed by atoms with E-state index in [2.05, 4.69) is 74.2 Å². The summed E-state index contributed by atoms with van der Waals surface area (Å²) < 4.78 is 0. The van der Waals surface area contributed by atoms with Crippen LogP contribution in [0.15, 0.2) is 48.5 Å². The predicted octanol–water partition coefficient (Wildman–Crippen LogP) is 6.10. The minimum atomic E-state index is -1.36. The van der Waals surface area contributed by atoms with E-state index in [9.17, 15) is 19.2 Å². The fourth-order valence-corrected chi connectivity index (χ4v) is 3.30. The van der Waals surface area contributed by atoms with Crippen molar-refractivity contribution in [2.24, 2.45) is 0 Å². The van der Waals surface area contributed by atoms with Crippen molar-refractivity contribution < 1.29 is 29.4 Å². The summed E-state index contributed by atoms with van der Waals surface area (Å²) in [5.74, 6) is -2.53. The van der Waals surface area contributed by atoms with Gasteiger partial charge in [0.1, 0.15) is 6.04 Å². The van der Waals surface area contributed by atoms with Crippen molar-refractivity contribution in [3.05, 3.63) is 54.1 Å². The maximum Gasteiger partial charge on any atom is 0.326 e. The van der Waals surface area contributed by atoms with Crippen molar-refractivity contribution in [2.45, 2.75) is 80.2 Å². The van der Waals surface area contributed by atoms with E-state index in [1.807, 2.05) is 33.0 Å². The smallest absolute Gasteiger partial charge is 0.326 e. The van der Waals surface area contributed by atoms with E-state index in [4.69, 9.17) is 10.2 Å². The third kappa shape index (κ3) is 16.5. The number of carbonyl (C=O) groups excluding carboxylic acids is 2. The van der Waals surface area contributed by atoms with Crippen LogP contribution < -0.4 is 15.5 Å². The molecule has 0 spiro atoms. The number of hydrogen-bond acceptors (Lipinski definition) is 5. The monoisotopic (exact) mass is 545 g/mol. The number of imide groups is 1. The molecule has 0 saturated heterocycles. The molecule has 0 heterocycles. The van der Waals surface area contributed by atoms with E-state index in [0.717, 1.165) is 13.1 Å². The summed E-state index contributed by atoms with van der Waals surface area (Å²) >= 11 is 0. The molecule has 0 aliphatic carbocycles. The Kier molecular flexibility index (Phi) is 22.2. The number of nitrogens with one attached hydrogen (secondary N) is 2. The first-order valence-electron chi connectivity index (χ1n) is 13.6. The zero-order chi connectivity index (χ0) is 30.2. The number of nitrogens with zero attached hydrogens (tertiary/aromatic N) is 1. The molecule has 2 rings (SSSR count). The summed E-state index contributed by atoms with van der Waals surface area (Å²) in [4.78, 5) is 43.7. The van der Waals surface area contributed by atoms with Crippen molar-refractivity contribution in [1.82, 2.24) is 10.6 Å². The van der Waals surface area contributed by atoms with E-state index in [-0.39, 0.29) is 12.8 Å². The lowest BCUT2D eigenvalue weighted by molar-refractivity contribution is -0.140. The predicted molar refractivity (Wildman–Crippen MR) is 158 cm³/mol. The van der Waals surface area contributed by atoms with E-state index in [1.165, 1.54) is 35.2 Å². The number of carbonyl (C=O) groups is 4. The van der Waals surface area contributed by atoms with Gasteiger partial charge in [-0.1, -0.05) is 83.5 Å². The Bertz CT molecular complexity index is 940. The number of carboxylic acid groups (broad SMARTS) is 2. The van der Waals surface area contributed by atoms with Crippen LogP contribution in [-0.2, 0) is 14.4 Å². The first-order chi connectivity index (χ1) is 18.7. The van der Waals surface area contributed by atoms with Gasteiger partial charge in [-0.05, 0) is 49.4 Å². The SMILES string of the molecule is CC.CC.CCCN(CCC)c1ccc(-c2ccc(C)cc2)cc1.O=CNC(=O)NC(CCC(=O)O)C(=O)O. The number of aryl methyl sites for hydroxylation is 1. The van der Waals surface area contributed by atoms with E-state index in [0.29, 0.717) is 0 Å². The fraction of sp³-hybridized carbons (Fsp3) is 0.467. The van der Waals surface area contributed by atoms with Gasteiger partial charge >= 0.3 is 18.0 Å². The second-order valence-electron chi connectivity index (χ2n) is 7.96. The molecule has 1 unspecified atom stereocenters. The molecule has 0 fully saturated rings. The summed E-state index contributed by atoms with van der Waals surface area (Å²) in [5, 5.41) is 20.5. The van der Waals surface area contributed by atoms with Crippen LogP contribution in [0.3, 0.4) is 0 Å². The molecule has 2 aromatic carbocycles. The Labute approximate surface area is 233 Å². The minimum Gasteiger partial charge on any atom is -0.481 e. The highest BCUT2D eigenvalue weighted by Gasteiger charge is 2.20. The van der Waals surface area contributed by atoms with Gasteiger partial charge in [0.2, 0.25) is 6.41 Å². The Morgan fingerprint density at radius 3 is 1.69 bits per heavy atom.